The molecule has 2 unspecified atom stereocenters. The first-order chi connectivity index (χ1) is 15.8. The van der Waals surface area contributed by atoms with Crippen molar-refractivity contribution >= 4 is 40.8 Å². The standard InChI is InChI=1S/C22H25ClF4N4O2S/c1-31-19(28)17(20(32)29-14-2-3-16(24)15(23)6-14)18(30-31)11-4-12-7-21(33,8-13(12)5-11)9-34-10-22(25,26)27/h2-3,6,11-13,33H,4-5,7-10,28H2,1H3,(H,29,32). The lowest BCUT2D eigenvalue weighted by atomic mass is 9.92. The maximum Gasteiger partial charge on any atom is 0.397 e. The molecule has 2 saturated carbocycles. The molecule has 4 rings (SSSR count). The Hall–Kier alpha value is -1.98. The highest BCUT2D eigenvalue weighted by Gasteiger charge is 2.50. The number of alkyl halides is 3. The number of thioether (sulfide) groups is 1. The molecule has 1 amide bonds. The molecule has 1 aromatic heterocycles. The zero-order valence-electron chi connectivity index (χ0n) is 18.3. The van der Waals surface area contributed by atoms with Gasteiger partial charge in [0, 0.05) is 24.4 Å². The fraction of sp³-hybridized carbons (Fsp3) is 0.545. The lowest BCUT2D eigenvalue weighted by Gasteiger charge is -2.24. The lowest BCUT2D eigenvalue weighted by Crippen LogP contribution is -2.30. The van der Waals surface area contributed by atoms with Gasteiger partial charge in [0.25, 0.3) is 5.91 Å². The number of carbonyl (C=O) groups excluding carboxylic acids is 1. The largest absolute Gasteiger partial charge is 0.397 e. The molecular formula is C22H25ClF4N4O2S. The topological polar surface area (TPSA) is 93.2 Å². The van der Waals surface area contributed by atoms with E-state index in [0.29, 0.717) is 48.8 Å². The molecule has 2 aliphatic carbocycles. The number of aliphatic hydroxyl groups is 1. The molecule has 34 heavy (non-hydrogen) atoms. The highest BCUT2D eigenvalue weighted by Crippen LogP contribution is 2.55. The van der Waals surface area contributed by atoms with Crippen molar-refractivity contribution in [1.82, 2.24) is 9.78 Å². The molecule has 2 atom stereocenters. The predicted molar refractivity (Wildman–Crippen MR) is 124 cm³/mol. The summed E-state index contributed by atoms with van der Waals surface area (Å²) in [5, 5.41) is 17.9. The van der Waals surface area contributed by atoms with Gasteiger partial charge in [-0.05, 0) is 55.7 Å². The first kappa shape index (κ1) is 25.1. The first-order valence-corrected chi connectivity index (χ1v) is 12.3. The average molecular weight is 521 g/mol. The highest BCUT2D eigenvalue weighted by atomic mass is 35.5. The van der Waals surface area contributed by atoms with Crippen molar-refractivity contribution in [3.05, 3.63) is 40.3 Å². The van der Waals surface area contributed by atoms with Crippen molar-refractivity contribution in [2.24, 2.45) is 18.9 Å². The second-order valence-corrected chi connectivity index (χ2v) is 10.7. The molecule has 1 aromatic carbocycles. The number of anilines is 2. The summed E-state index contributed by atoms with van der Waals surface area (Å²) < 4.78 is 52.2. The molecule has 186 valence electrons. The SMILES string of the molecule is Cn1nc(C2CC3CC(O)(CSCC(F)(F)F)CC3C2)c(C(=O)Nc2ccc(F)c(Cl)c2)c1N. The van der Waals surface area contributed by atoms with Crippen LogP contribution in [-0.4, -0.2) is 44.1 Å². The van der Waals surface area contributed by atoms with E-state index in [1.165, 1.54) is 16.8 Å². The zero-order chi connectivity index (χ0) is 24.8. The minimum atomic E-state index is -4.25. The molecule has 0 radical (unpaired) electrons. The molecule has 2 aliphatic rings. The number of aryl methyl sites for hydroxylation is 1. The molecule has 0 saturated heterocycles. The minimum absolute atomic E-state index is 0.0502. The molecule has 0 bridgehead atoms. The first-order valence-electron chi connectivity index (χ1n) is 10.8. The summed E-state index contributed by atoms with van der Waals surface area (Å²) in [6.07, 6.45) is -2.07. The zero-order valence-corrected chi connectivity index (χ0v) is 19.9. The number of nitrogens with two attached hydrogens (primary N) is 1. The summed E-state index contributed by atoms with van der Waals surface area (Å²) in [6.45, 7) is 0. The van der Waals surface area contributed by atoms with E-state index in [1.54, 1.807) is 7.05 Å². The number of nitrogens with zero attached hydrogens (tertiary/aromatic N) is 2. The van der Waals surface area contributed by atoms with Gasteiger partial charge in [-0.3, -0.25) is 9.48 Å². The Kier molecular flexibility index (Phi) is 6.82. The summed E-state index contributed by atoms with van der Waals surface area (Å²) in [7, 11) is 1.64. The van der Waals surface area contributed by atoms with Crippen LogP contribution in [0.25, 0.3) is 0 Å². The molecule has 4 N–H and O–H groups in total. The van der Waals surface area contributed by atoms with Gasteiger partial charge in [0.2, 0.25) is 0 Å². The van der Waals surface area contributed by atoms with E-state index in [2.05, 4.69) is 10.4 Å². The normalized spacial score (nSPS) is 26.6. The molecule has 0 aliphatic heterocycles. The van der Waals surface area contributed by atoms with Crippen molar-refractivity contribution in [2.45, 2.75) is 43.4 Å². The number of amides is 1. The maximum absolute atomic E-state index is 13.4. The van der Waals surface area contributed by atoms with Crippen LogP contribution < -0.4 is 11.1 Å². The number of nitrogens with one attached hydrogen (secondary N) is 1. The van der Waals surface area contributed by atoms with Crippen LogP contribution in [0.4, 0.5) is 29.1 Å². The van der Waals surface area contributed by atoms with Crippen LogP contribution in [0.3, 0.4) is 0 Å². The van der Waals surface area contributed by atoms with Crippen molar-refractivity contribution in [3.63, 3.8) is 0 Å². The van der Waals surface area contributed by atoms with Crippen molar-refractivity contribution in [2.75, 3.05) is 22.6 Å². The lowest BCUT2D eigenvalue weighted by molar-refractivity contribution is -0.105. The van der Waals surface area contributed by atoms with Crippen LogP contribution in [0.2, 0.25) is 5.02 Å². The summed E-state index contributed by atoms with van der Waals surface area (Å²) >= 11 is 6.51. The van der Waals surface area contributed by atoms with Crippen LogP contribution in [0, 0.1) is 17.7 Å². The van der Waals surface area contributed by atoms with E-state index in [1.807, 2.05) is 0 Å². The summed E-state index contributed by atoms with van der Waals surface area (Å²) in [5.41, 5.74) is 6.14. The smallest absolute Gasteiger partial charge is 0.389 e. The van der Waals surface area contributed by atoms with Gasteiger partial charge in [-0.15, -0.1) is 11.8 Å². The Morgan fingerprint density at radius 2 is 2.00 bits per heavy atom. The second-order valence-electron chi connectivity index (χ2n) is 9.28. The maximum atomic E-state index is 13.4. The van der Waals surface area contributed by atoms with Gasteiger partial charge in [-0.1, -0.05) is 11.6 Å². The summed E-state index contributed by atoms with van der Waals surface area (Å²) in [4.78, 5) is 13.1. The number of carbonyl (C=O) groups is 1. The molecule has 2 aromatic rings. The number of benzene rings is 1. The van der Waals surface area contributed by atoms with E-state index >= 15 is 0 Å². The predicted octanol–water partition coefficient (Wildman–Crippen LogP) is 4.98. The van der Waals surface area contributed by atoms with Gasteiger partial charge < -0.3 is 16.2 Å². The third kappa shape index (κ3) is 5.31. The number of aromatic nitrogens is 2. The number of hydrogen-bond donors (Lipinski definition) is 3. The second kappa shape index (κ2) is 9.23. The third-order valence-corrected chi connectivity index (χ3v) is 8.23. The molecule has 1 heterocycles. The highest BCUT2D eigenvalue weighted by molar-refractivity contribution is 7.99. The number of fused-ring (bicyclic) bond motifs is 1. The Labute approximate surface area is 203 Å². The van der Waals surface area contributed by atoms with Crippen molar-refractivity contribution in [3.8, 4) is 0 Å². The number of hydrogen-bond acceptors (Lipinski definition) is 5. The van der Waals surface area contributed by atoms with Crippen LogP contribution in [-0.2, 0) is 7.05 Å². The third-order valence-electron chi connectivity index (χ3n) is 6.67. The van der Waals surface area contributed by atoms with E-state index < -0.39 is 29.3 Å². The van der Waals surface area contributed by atoms with E-state index in [9.17, 15) is 27.5 Å². The number of rotatable bonds is 6. The van der Waals surface area contributed by atoms with Gasteiger partial charge in [-0.25, -0.2) is 4.39 Å². The Balaban J connectivity index is 1.45. The summed E-state index contributed by atoms with van der Waals surface area (Å²) in [6, 6.07) is 3.85. The number of nitrogen functional groups attached to an aromatic ring is 1. The van der Waals surface area contributed by atoms with E-state index in [-0.39, 0.29) is 39.9 Å². The average Bonchev–Trinajstić information content (AvgIpc) is 3.33. The van der Waals surface area contributed by atoms with Crippen LogP contribution >= 0.6 is 23.4 Å². The van der Waals surface area contributed by atoms with Gasteiger partial charge in [0.1, 0.15) is 17.2 Å². The van der Waals surface area contributed by atoms with Crippen LogP contribution in [0.15, 0.2) is 18.2 Å². The Morgan fingerprint density at radius 1 is 1.35 bits per heavy atom. The van der Waals surface area contributed by atoms with Gasteiger partial charge in [0.05, 0.1) is 22.1 Å². The molecule has 12 heteroatoms. The molecule has 2 fully saturated rings. The Morgan fingerprint density at radius 3 is 2.59 bits per heavy atom. The van der Waals surface area contributed by atoms with E-state index in [4.69, 9.17) is 17.3 Å². The fourth-order valence-electron chi connectivity index (χ4n) is 5.31. The van der Waals surface area contributed by atoms with Crippen molar-refractivity contribution < 1.29 is 27.5 Å². The quantitative estimate of drug-likeness (QED) is 0.467. The van der Waals surface area contributed by atoms with Crippen molar-refractivity contribution in [1.29, 1.82) is 0 Å². The van der Waals surface area contributed by atoms with Gasteiger partial charge in [0.15, 0.2) is 0 Å². The monoisotopic (exact) mass is 520 g/mol. The minimum Gasteiger partial charge on any atom is -0.389 e. The number of halogens is 5. The van der Waals surface area contributed by atoms with Gasteiger partial charge in [-0.2, -0.15) is 18.3 Å². The molecule has 6 nitrogen and oxygen atoms in total. The fourth-order valence-corrected chi connectivity index (χ4v) is 6.44. The molecular weight excluding hydrogens is 496 g/mol. The summed E-state index contributed by atoms with van der Waals surface area (Å²) in [5.74, 6) is -1.61. The van der Waals surface area contributed by atoms with Crippen LogP contribution in [0.1, 0.15) is 47.7 Å². The Bertz CT molecular complexity index is 1080. The van der Waals surface area contributed by atoms with Crippen LogP contribution in [0.5, 0.6) is 0 Å². The molecule has 0 spiro atoms. The van der Waals surface area contributed by atoms with E-state index in [0.717, 1.165) is 6.07 Å². The van der Waals surface area contributed by atoms with Gasteiger partial charge >= 0.3 is 6.18 Å².